The van der Waals surface area contributed by atoms with Gasteiger partial charge in [-0.1, -0.05) is 125 Å². The zero-order chi connectivity index (χ0) is 35.0. The summed E-state index contributed by atoms with van der Waals surface area (Å²) in [6.07, 6.45) is 6.13. The van der Waals surface area contributed by atoms with Crippen LogP contribution in [0.5, 0.6) is 11.5 Å². The Bertz CT molecular complexity index is 2010. The lowest BCUT2D eigenvalue weighted by molar-refractivity contribution is 0.0991. The summed E-state index contributed by atoms with van der Waals surface area (Å²) in [6.45, 7) is 8.88. The van der Waals surface area contributed by atoms with Crippen LogP contribution in [0, 0.1) is 0 Å². The Morgan fingerprint density at radius 1 is 0.460 bits per heavy atom. The van der Waals surface area contributed by atoms with Gasteiger partial charge in [0, 0.05) is 21.5 Å². The second kappa shape index (κ2) is 16.1. The van der Waals surface area contributed by atoms with E-state index in [-0.39, 0.29) is 13.2 Å². The number of carbonyl (C=O) groups is 2. The van der Waals surface area contributed by atoms with Gasteiger partial charge in [0.25, 0.3) is 0 Å². The van der Waals surface area contributed by atoms with Crippen LogP contribution in [-0.2, 0) is 22.3 Å². The summed E-state index contributed by atoms with van der Waals surface area (Å²) in [7, 11) is 0. The van der Waals surface area contributed by atoms with Crippen LogP contribution in [0.4, 0.5) is 9.59 Å². The molecule has 50 heavy (non-hydrogen) atoms. The summed E-state index contributed by atoms with van der Waals surface area (Å²) < 4.78 is 22.9. The van der Waals surface area contributed by atoms with Crippen molar-refractivity contribution in [2.24, 2.45) is 0 Å². The highest BCUT2D eigenvalue weighted by Crippen LogP contribution is 2.50. The highest BCUT2D eigenvalue weighted by molar-refractivity contribution is 6.27. The van der Waals surface area contributed by atoms with Crippen molar-refractivity contribution in [1.29, 1.82) is 0 Å². The summed E-state index contributed by atoms with van der Waals surface area (Å²) in [5.41, 5.74) is 4.51. The summed E-state index contributed by atoms with van der Waals surface area (Å²) in [4.78, 5) is 26.0. The van der Waals surface area contributed by atoms with Crippen molar-refractivity contribution < 1.29 is 28.5 Å². The molecule has 6 heteroatoms. The quantitative estimate of drug-likeness (QED) is 0.0692. The fourth-order valence-electron chi connectivity index (χ4n) is 6.80. The van der Waals surface area contributed by atoms with Crippen LogP contribution >= 0.6 is 0 Å². The van der Waals surface area contributed by atoms with Gasteiger partial charge in [-0.3, -0.25) is 0 Å². The lowest BCUT2D eigenvalue weighted by Gasteiger charge is -2.22. The van der Waals surface area contributed by atoms with E-state index in [4.69, 9.17) is 18.9 Å². The molecule has 0 amide bonds. The first kappa shape index (κ1) is 34.8. The van der Waals surface area contributed by atoms with Crippen molar-refractivity contribution in [2.75, 3.05) is 13.2 Å². The zero-order valence-corrected chi connectivity index (χ0v) is 29.6. The number of rotatable bonds is 13. The van der Waals surface area contributed by atoms with Crippen molar-refractivity contribution in [3.8, 4) is 22.6 Å². The normalized spacial score (nSPS) is 11.4. The maximum atomic E-state index is 13.0. The molecule has 0 aliphatic heterocycles. The van der Waals surface area contributed by atoms with Gasteiger partial charge in [-0.15, -0.1) is 0 Å². The lowest BCUT2D eigenvalue weighted by atomic mass is 9.84. The van der Waals surface area contributed by atoms with Gasteiger partial charge in [-0.2, -0.15) is 0 Å². The average Bonchev–Trinajstić information content (AvgIpc) is 3.14. The van der Waals surface area contributed by atoms with Gasteiger partial charge in [0.2, 0.25) is 0 Å². The number of benzene rings is 6. The van der Waals surface area contributed by atoms with Crippen molar-refractivity contribution in [1.82, 2.24) is 0 Å². The monoisotopic (exact) mass is 670 g/mol. The maximum absolute atomic E-state index is 13.0. The summed E-state index contributed by atoms with van der Waals surface area (Å²) in [6, 6.07) is 29.1. The minimum absolute atomic E-state index is 0.284. The Kier molecular flexibility index (Phi) is 11.2. The third-order valence-electron chi connectivity index (χ3n) is 9.18. The molecule has 0 N–H and O–H groups in total. The molecule has 6 rings (SSSR count). The molecule has 0 fully saturated rings. The summed E-state index contributed by atoms with van der Waals surface area (Å²) in [5, 5.41) is 7.15. The number of unbranched alkanes of at least 4 members (excludes halogenated alkanes) is 2. The molecule has 0 saturated heterocycles. The van der Waals surface area contributed by atoms with E-state index in [0.717, 1.165) is 92.7 Å². The SMILES string of the molecule is CCCCc1ccc2c(OC(=O)OCCC)c3ccccc3c(-c3c4ccccc4c(OC(=O)OCCC)c4ccc(CCCC)cc34)c2c1. The largest absolute Gasteiger partial charge is 0.513 e. The summed E-state index contributed by atoms with van der Waals surface area (Å²) >= 11 is 0. The molecule has 0 radical (unpaired) electrons. The molecule has 0 aromatic heterocycles. The molecule has 0 atom stereocenters. The minimum atomic E-state index is -0.714. The minimum Gasteiger partial charge on any atom is -0.434 e. The van der Waals surface area contributed by atoms with Crippen LogP contribution in [0.1, 0.15) is 77.3 Å². The van der Waals surface area contributed by atoms with E-state index in [1.54, 1.807) is 0 Å². The molecule has 6 aromatic carbocycles. The molecule has 0 spiro atoms. The van der Waals surface area contributed by atoms with Gasteiger partial charge in [-0.25, -0.2) is 9.59 Å². The van der Waals surface area contributed by atoms with E-state index in [9.17, 15) is 9.59 Å². The van der Waals surface area contributed by atoms with Crippen molar-refractivity contribution in [3.05, 3.63) is 96.1 Å². The predicted molar refractivity (Wildman–Crippen MR) is 204 cm³/mol. The Hall–Kier alpha value is -5.10. The number of aryl methyl sites for hydroxylation is 2. The Labute approximate surface area is 294 Å². The molecule has 6 nitrogen and oxygen atoms in total. The van der Waals surface area contributed by atoms with Crippen LogP contribution in [0.2, 0.25) is 0 Å². The van der Waals surface area contributed by atoms with E-state index >= 15 is 0 Å². The first-order valence-electron chi connectivity index (χ1n) is 18.1. The molecule has 0 saturated carbocycles. The lowest BCUT2D eigenvalue weighted by Crippen LogP contribution is -2.12. The number of ether oxygens (including phenoxy) is 4. The smallest absolute Gasteiger partial charge is 0.434 e. The fraction of sp³-hybridized carbons (Fsp3) is 0.318. The Balaban J connectivity index is 1.75. The van der Waals surface area contributed by atoms with Crippen LogP contribution in [0.25, 0.3) is 54.2 Å². The fourth-order valence-corrected chi connectivity index (χ4v) is 6.80. The first-order valence-corrected chi connectivity index (χ1v) is 18.1. The molecule has 0 unspecified atom stereocenters. The van der Waals surface area contributed by atoms with E-state index in [1.165, 1.54) is 11.1 Å². The standard InChI is InChI=1S/C44H46O6/c1-5-9-15-29-21-23-35-37(27-29)39(31-17-11-13-19-33(31)41(35)49-43(45)47-25-7-3)40-32-18-12-14-20-34(32)42(50-44(46)48-26-8-4)36-24-22-30(16-10-6-2)28-38(36)40/h11-14,17-24,27-28H,5-10,15-16,25-26H2,1-4H3. The van der Waals surface area contributed by atoms with E-state index in [1.807, 2.05) is 50.2 Å². The molecular formula is C44H46O6. The maximum Gasteiger partial charge on any atom is 0.513 e. The Morgan fingerprint density at radius 2 is 0.840 bits per heavy atom. The number of fused-ring (bicyclic) bond motifs is 4. The second-order valence-corrected chi connectivity index (χ2v) is 12.9. The van der Waals surface area contributed by atoms with Gasteiger partial charge in [-0.05, 0) is 82.3 Å². The van der Waals surface area contributed by atoms with Gasteiger partial charge in [0.15, 0.2) is 0 Å². The van der Waals surface area contributed by atoms with E-state index in [0.29, 0.717) is 24.3 Å². The highest BCUT2D eigenvalue weighted by atomic mass is 16.7. The van der Waals surface area contributed by atoms with Gasteiger partial charge in [0.1, 0.15) is 11.5 Å². The Morgan fingerprint density at radius 3 is 1.22 bits per heavy atom. The van der Waals surface area contributed by atoms with Crippen molar-refractivity contribution >= 4 is 55.4 Å². The van der Waals surface area contributed by atoms with Crippen LogP contribution in [0.15, 0.2) is 84.9 Å². The molecule has 258 valence electrons. The average molecular weight is 671 g/mol. The number of hydrogen-bond acceptors (Lipinski definition) is 6. The summed E-state index contributed by atoms with van der Waals surface area (Å²) in [5.74, 6) is 0.969. The number of carbonyl (C=O) groups excluding carboxylic acids is 2. The highest BCUT2D eigenvalue weighted by Gasteiger charge is 2.25. The van der Waals surface area contributed by atoms with E-state index in [2.05, 4.69) is 62.4 Å². The van der Waals surface area contributed by atoms with Gasteiger partial charge < -0.3 is 18.9 Å². The van der Waals surface area contributed by atoms with Gasteiger partial charge >= 0.3 is 12.3 Å². The third-order valence-corrected chi connectivity index (χ3v) is 9.18. The molecule has 0 bridgehead atoms. The second-order valence-electron chi connectivity index (χ2n) is 12.9. The third kappa shape index (κ3) is 7.11. The van der Waals surface area contributed by atoms with Crippen molar-refractivity contribution in [3.63, 3.8) is 0 Å². The van der Waals surface area contributed by atoms with E-state index < -0.39 is 12.3 Å². The molecule has 0 aliphatic carbocycles. The molecule has 0 aliphatic rings. The van der Waals surface area contributed by atoms with Gasteiger partial charge in [0.05, 0.1) is 13.2 Å². The topological polar surface area (TPSA) is 71.1 Å². The van der Waals surface area contributed by atoms with Crippen LogP contribution in [-0.4, -0.2) is 25.5 Å². The van der Waals surface area contributed by atoms with Crippen LogP contribution < -0.4 is 9.47 Å². The van der Waals surface area contributed by atoms with Crippen molar-refractivity contribution in [2.45, 2.75) is 79.1 Å². The molecule has 0 heterocycles. The number of hydrogen-bond donors (Lipinski definition) is 0. The zero-order valence-electron chi connectivity index (χ0n) is 29.6. The molecular weight excluding hydrogens is 624 g/mol. The molecule has 6 aromatic rings. The first-order chi connectivity index (χ1) is 24.5. The predicted octanol–water partition coefficient (Wildman–Crippen LogP) is 12.5. The van der Waals surface area contributed by atoms with Crippen LogP contribution in [0.3, 0.4) is 0 Å².